The van der Waals surface area contributed by atoms with E-state index in [0.717, 1.165) is 68.4 Å². The summed E-state index contributed by atoms with van der Waals surface area (Å²) in [5.74, 6) is 1.18. The summed E-state index contributed by atoms with van der Waals surface area (Å²) in [6, 6.07) is 23.9. The molecule has 38 heavy (non-hydrogen) atoms. The first kappa shape index (κ1) is 26.5. The zero-order chi connectivity index (χ0) is 26.5. The minimum absolute atomic E-state index is 0.0665. The van der Waals surface area contributed by atoms with Crippen molar-refractivity contribution in [1.82, 2.24) is 4.90 Å². The van der Waals surface area contributed by atoms with Gasteiger partial charge in [-0.25, -0.2) is 0 Å². The van der Waals surface area contributed by atoms with E-state index in [4.69, 9.17) is 0 Å². The van der Waals surface area contributed by atoms with Crippen molar-refractivity contribution >= 4 is 39.1 Å². The summed E-state index contributed by atoms with van der Waals surface area (Å²) in [7, 11) is 0. The number of likely N-dealkylation sites (tertiary alicyclic amines) is 1. The van der Waals surface area contributed by atoms with Gasteiger partial charge in [0.2, 0.25) is 0 Å². The third-order valence-corrected chi connectivity index (χ3v) is 8.46. The van der Waals surface area contributed by atoms with Crippen molar-refractivity contribution in [2.75, 3.05) is 36.4 Å². The number of carbonyl (C=O) groups excluding carboxylic acids is 2. The number of amides is 2. The standard InChI is InChI=1S/C32H36BrN3O2/c1-23-12-16-36(17-13-23)32(38)29-22-28(34-31(37)26-8-5-9-27(33)21-26)10-11-30(29)35-18-14-25(15-19-35)20-24-6-3-2-4-7-24/h2-11,21-23,25H,12-20H2,1H3,(H,34,37). The molecule has 1 N–H and O–H groups in total. The second kappa shape index (κ2) is 12.2. The monoisotopic (exact) mass is 573 g/mol. The first-order chi connectivity index (χ1) is 18.5. The molecule has 2 amide bonds. The zero-order valence-electron chi connectivity index (χ0n) is 22.0. The number of hydrogen-bond acceptors (Lipinski definition) is 3. The van der Waals surface area contributed by atoms with Crippen molar-refractivity contribution in [2.24, 2.45) is 11.8 Å². The number of nitrogens with zero attached hydrogens (tertiary/aromatic N) is 2. The molecule has 0 saturated carbocycles. The van der Waals surface area contributed by atoms with Crippen LogP contribution in [0, 0.1) is 11.8 Å². The summed E-state index contributed by atoms with van der Waals surface area (Å²) in [5, 5.41) is 3.01. The minimum Gasteiger partial charge on any atom is -0.371 e. The van der Waals surface area contributed by atoms with Gasteiger partial charge in [0.15, 0.2) is 0 Å². The van der Waals surface area contributed by atoms with Crippen molar-refractivity contribution in [3.63, 3.8) is 0 Å². The van der Waals surface area contributed by atoms with Gasteiger partial charge in [-0.1, -0.05) is 59.3 Å². The molecule has 3 aromatic rings. The SMILES string of the molecule is CC1CCN(C(=O)c2cc(NC(=O)c3cccc(Br)c3)ccc2N2CCC(Cc3ccccc3)CC2)CC1. The number of hydrogen-bond donors (Lipinski definition) is 1. The molecule has 0 aliphatic carbocycles. The molecular formula is C32H36BrN3O2. The number of nitrogens with one attached hydrogen (secondary N) is 1. The molecule has 0 atom stereocenters. The Kier molecular flexibility index (Phi) is 8.48. The van der Waals surface area contributed by atoms with E-state index >= 15 is 0 Å². The average molecular weight is 575 g/mol. The van der Waals surface area contributed by atoms with Crippen LogP contribution in [0.1, 0.15) is 58.9 Å². The molecule has 5 nitrogen and oxygen atoms in total. The van der Waals surface area contributed by atoms with E-state index in [0.29, 0.717) is 28.7 Å². The third-order valence-electron chi connectivity index (χ3n) is 7.96. The molecule has 0 aromatic heterocycles. The molecule has 0 bridgehead atoms. The van der Waals surface area contributed by atoms with Crippen molar-refractivity contribution in [1.29, 1.82) is 0 Å². The van der Waals surface area contributed by atoms with Crippen molar-refractivity contribution < 1.29 is 9.59 Å². The number of carbonyl (C=O) groups is 2. The first-order valence-electron chi connectivity index (χ1n) is 13.8. The normalized spacial score (nSPS) is 16.9. The molecule has 2 aliphatic rings. The molecule has 2 heterocycles. The summed E-state index contributed by atoms with van der Waals surface area (Å²) in [4.78, 5) is 31.1. The van der Waals surface area contributed by atoms with Crippen LogP contribution in [0.25, 0.3) is 0 Å². The van der Waals surface area contributed by atoms with Gasteiger partial charge in [-0.05, 0) is 85.9 Å². The van der Waals surface area contributed by atoms with E-state index in [1.165, 1.54) is 5.56 Å². The number of rotatable bonds is 6. The molecule has 2 aliphatic heterocycles. The zero-order valence-corrected chi connectivity index (χ0v) is 23.6. The van der Waals surface area contributed by atoms with E-state index in [9.17, 15) is 9.59 Å². The Balaban J connectivity index is 1.35. The van der Waals surface area contributed by atoms with Gasteiger partial charge in [0.1, 0.15) is 0 Å². The van der Waals surface area contributed by atoms with Gasteiger partial charge < -0.3 is 15.1 Å². The van der Waals surface area contributed by atoms with Gasteiger partial charge in [-0.3, -0.25) is 9.59 Å². The fourth-order valence-corrected chi connectivity index (χ4v) is 6.00. The van der Waals surface area contributed by atoms with Gasteiger partial charge in [0.25, 0.3) is 11.8 Å². The molecule has 2 fully saturated rings. The van der Waals surface area contributed by atoms with Crippen LogP contribution >= 0.6 is 15.9 Å². The van der Waals surface area contributed by atoms with Gasteiger partial charge in [0, 0.05) is 47.6 Å². The van der Waals surface area contributed by atoms with Crippen LogP contribution in [0.3, 0.4) is 0 Å². The lowest BCUT2D eigenvalue weighted by Crippen LogP contribution is -2.40. The predicted octanol–water partition coefficient (Wildman–Crippen LogP) is 7.03. The maximum absolute atomic E-state index is 13.8. The lowest BCUT2D eigenvalue weighted by Gasteiger charge is -2.36. The van der Waals surface area contributed by atoms with Crippen LogP contribution in [0.15, 0.2) is 77.3 Å². The Morgan fingerprint density at radius 1 is 0.868 bits per heavy atom. The van der Waals surface area contributed by atoms with Crippen molar-refractivity contribution in [3.8, 4) is 0 Å². The number of benzene rings is 3. The average Bonchev–Trinajstić information content (AvgIpc) is 2.94. The summed E-state index contributed by atoms with van der Waals surface area (Å²) in [6.45, 7) is 5.68. The third kappa shape index (κ3) is 6.47. The van der Waals surface area contributed by atoms with E-state index < -0.39 is 0 Å². The highest BCUT2D eigenvalue weighted by Crippen LogP contribution is 2.32. The molecule has 2 saturated heterocycles. The molecule has 3 aromatic carbocycles. The van der Waals surface area contributed by atoms with Gasteiger partial charge in [-0.15, -0.1) is 0 Å². The molecule has 0 spiro atoms. The van der Waals surface area contributed by atoms with E-state index in [2.05, 4.69) is 63.4 Å². The molecule has 0 unspecified atom stereocenters. The van der Waals surface area contributed by atoms with Crippen LogP contribution in [0.2, 0.25) is 0 Å². The van der Waals surface area contributed by atoms with Crippen LogP contribution in [0.5, 0.6) is 0 Å². The fourth-order valence-electron chi connectivity index (χ4n) is 5.60. The quantitative estimate of drug-likeness (QED) is 0.344. The number of halogens is 1. The molecule has 198 valence electrons. The molecule has 5 rings (SSSR count). The smallest absolute Gasteiger partial charge is 0.256 e. The Morgan fingerprint density at radius 3 is 2.32 bits per heavy atom. The second-order valence-electron chi connectivity index (χ2n) is 10.8. The van der Waals surface area contributed by atoms with Gasteiger partial charge in [0.05, 0.1) is 5.56 Å². The molecule has 6 heteroatoms. The number of piperidine rings is 2. The highest BCUT2D eigenvalue weighted by molar-refractivity contribution is 9.10. The van der Waals surface area contributed by atoms with Crippen LogP contribution in [0.4, 0.5) is 11.4 Å². The highest BCUT2D eigenvalue weighted by Gasteiger charge is 2.27. The van der Waals surface area contributed by atoms with E-state index in [-0.39, 0.29) is 11.8 Å². The summed E-state index contributed by atoms with van der Waals surface area (Å²) in [6.07, 6.45) is 5.37. The largest absolute Gasteiger partial charge is 0.371 e. The summed E-state index contributed by atoms with van der Waals surface area (Å²) >= 11 is 3.44. The predicted molar refractivity (Wildman–Crippen MR) is 158 cm³/mol. The minimum atomic E-state index is -0.189. The Bertz CT molecular complexity index is 1260. The topological polar surface area (TPSA) is 52.7 Å². The van der Waals surface area contributed by atoms with Crippen LogP contribution < -0.4 is 10.2 Å². The van der Waals surface area contributed by atoms with Crippen molar-refractivity contribution in [2.45, 2.75) is 39.0 Å². The lowest BCUT2D eigenvalue weighted by molar-refractivity contribution is 0.0697. The molecule has 0 radical (unpaired) electrons. The number of anilines is 2. The maximum atomic E-state index is 13.8. The summed E-state index contributed by atoms with van der Waals surface area (Å²) < 4.78 is 0.853. The van der Waals surface area contributed by atoms with Crippen LogP contribution in [-0.4, -0.2) is 42.9 Å². The highest BCUT2D eigenvalue weighted by atomic mass is 79.9. The maximum Gasteiger partial charge on any atom is 0.256 e. The van der Waals surface area contributed by atoms with Gasteiger partial charge in [-0.2, -0.15) is 0 Å². The summed E-state index contributed by atoms with van der Waals surface area (Å²) in [5.41, 5.74) is 4.28. The first-order valence-corrected chi connectivity index (χ1v) is 14.5. The Labute approximate surface area is 234 Å². The van der Waals surface area contributed by atoms with E-state index in [1.54, 1.807) is 12.1 Å². The van der Waals surface area contributed by atoms with Crippen molar-refractivity contribution in [3.05, 3.63) is 94.0 Å². The Morgan fingerprint density at radius 2 is 1.61 bits per heavy atom. The molecular weight excluding hydrogens is 538 g/mol. The second-order valence-corrected chi connectivity index (χ2v) is 11.7. The Hall–Kier alpha value is -3.12. The fraction of sp³-hybridized carbons (Fsp3) is 0.375. The lowest BCUT2D eigenvalue weighted by atomic mass is 9.89. The van der Waals surface area contributed by atoms with Crippen LogP contribution in [-0.2, 0) is 6.42 Å². The van der Waals surface area contributed by atoms with E-state index in [1.807, 2.05) is 35.2 Å². The van der Waals surface area contributed by atoms with Gasteiger partial charge >= 0.3 is 0 Å².